The molecule has 0 heterocycles. The average Bonchev–Trinajstić information content (AvgIpc) is 2.35. The van der Waals surface area contributed by atoms with Gasteiger partial charge in [0.05, 0.1) is 5.92 Å². The van der Waals surface area contributed by atoms with Gasteiger partial charge < -0.3 is 20.1 Å². The summed E-state index contributed by atoms with van der Waals surface area (Å²) in [6.45, 7) is 7.11. The summed E-state index contributed by atoms with van der Waals surface area (Å²) in [6.07, 6.45) is -2.44. The Balaban J connectivity index is 6.18. The lowest BCUT2D eigenvalue weighted by atomic mass is 9.65. The summed E-state index contributed by atoms with van der Waals surface area (Å²) >= 11 is 0. The SMILES string of the molecule is CC(=O)OC(C(=O)O)C(CC(C(=O)O)C(C)C)(C(=O)O)C(C)C. The number of rotatable bonds is 9. The second-order valence-corrected chi connectivity index (χ2v) is 6.22. The van der Waals surface area contributed by atoms with E-state index in [9.17, 15) is 34.5 Å². The van der Waals surface area contributed by atoms with Crippen molar-refractivity contribution in [1.82, 2.24) is 0 Å². The normalized spacial score (nSPS) is 16.5. The molecule has 8 heteroatoms. The van der Waals surface area contributed by atoms with E-state index in [0.29, 0.717) is 0 Å². The average molecular weight is 332 g/mol. The second-order valence-electron chi connectivity index (χ2n) is 6.22. The molecule has 0 aromatic carbocycles. The van der Waals surface area contributed by atoms with Gasteiger partial charge >= 0.3 is 23.9 Å². The molecule has 0 aromatic rings. The fourth-order valence-corrected chi connectivity index (χ4v) is 2.61. The van der Waals surface area contributed by atoms with Crippen LogP contribution in [0, 0.1) is 23.2 Å². The van der Waals surface area contributed by atoms with Gasteiger partial charge in [0.1, 0.15) is 5.41 Å². The van der Waals surface area contributed by atoms with E-state index in [4.69, 9.17) is 4.74 Å². The standard InChI is InChI=1S/C15H24O8/c1-7(2)10(12(17)18)6-15(8(3)4,14(21)22)11(13(19)20)23-9(5)16/h7-8,10-11H,6H2,1-5H3,(H,17,18)(H,19,20)(H,21,22). The summed E-state index contributed by atoms with van der Waals surface area (Å²) in [5.74, 6) is -7.58. The third-order valence-electron chi connectivity index (χ3n) is 4.08. The Morgan fingerprint density at radius 3 is 1.65 bits per heavy atom. The summed E-state index contributed by atoms with van der Waals surface area (Å²) in [4.78, 5) is 46.1. The fourth-order valence-electron chi connectivity index (χ4n) is 2.61. The van der Waals surface area contributed by atoms with Crippen molar-refractivity contribution in [3.63, 3.8) is 0 Å². The fraction of sp³-hybridized carbons (Fsp3) is 0.733. The number of carbonyl (C=O) groups excluding carboxylic acids is 1. The van der Waals surface area contributed by atoms with Crippen molar-refractivity contribution in [3.8, 4) is 0 Å². The molecule has 0 aliphatic rings. The first-order chi connectivity index (χ1) is 10.4. The van der Waals surface area contributed by atoms with Crippen LogP contribution in [-0.2, 0) is 23.9 Å². The lowest BCUT2D eigenvalue weighted by Crippen LogP contribution is -2.54. The van der Waals surface area contributed by atoms with Crippen LogP contribution in [0.5, 0.6) is 0 Å². The summed E-state index contributed by atoms with van der Waals surface area (Å²) in [5.41, 5.74) is -2.05. The van der Waals surface area contributed by atoms with E-state index in [2.05, 4.69) is 0 Å². The van der Waals surface area contributed by atoms with Gasteiger partial charge in [0.2, 0.25) is 6.10 Å². The molecule has 8 nitrogen and oxygen atoms in total. The third kappa shape index (κ3) is 4.67. The molecule has 0 saturated carbocycles. The van der Waals surface area contributed by atoms with Crippen LogP contribution in [0.25, 0.3) is 0 Å². The van der Waals surface area contributed by atoms with Crippen LogP contribution in [0.2, 0.25) is 0 Å². The van der Waals surface area contributed by atoms with Gasteiger partial charge in [-0.3, -0.25) is 14.4 Å². The van der Waals surface area contributed by atoms with E-state index in [1.807, 2.05) is 0 Å². The Hall–Kier alpha value is -2.12. The highest BCUT2D eigenvalue weighted by atomic mass is 16.6. The third-order valence-corrected chi connectivity index (χ3v) is 4.08. The second kappa shape index (κ2) is 7.94. The smallest absolute Gasteiger partial charge is 0.346 e. The number of carboxylic acids is 3. The number of ether oxygens (including phenoxy) is 1. The zero-order chi connectivity index (χ0) is 18.5. The van der Waals surface area contributed by atoms with Gasteiger partial charge in [0.15, 0.2) is 0 Å². The minimum absolute atomic E-state index is 0.420. The molecule has 0 fully saturated rings. The molecule has 3 atom stereocenters. The molecule has 0 spiro atoms. The van der Waals surface area contributed by atoms with Gasteiger partial charge in [-0.2, -0.15) is 0 Å². The predicted molar refractivity (Wildman–Crippen MR) is 78.7 cm³/mol. The van der Waals surface area contributed by atoms with E-state index in [1.165, 1.54) is 13.8 Å². The van der Waals surface area contributed by atoms with E-state index < -0.39 is 59.6 Å². The summed E-state index contributed by atoms with van der Waals surface area (Å²) in [5, 5.41) is 28.4. The van der Waals surface area contributed by atoms with Crippen molar-refractivity contribution in [2.45, 2.75) is 47.1 Å². The molecule has 0 bridgehead atoms. The number of aliphatic carboxylic acids is 3. The van der Waals surface area contributed by atoms with Crippen molar-refractivity contribution in [1.29, 1.82) is 0 Å². The van der Waals surface area contributed by atoms with Crippen molar-refractivity contribution >= 4 is 23.9 Å². The Morgan fingerprint density at radius 2 is 1.43 bits per heavy atom. The van der Waals surface area contributed by atoms with E-state index in [0.717, 1.165) is 6.92 Å². The molecule has 0 radical (unpaired) electrons. The van der Waals surface area contributed by atoms with Crippen LogP contribution < -0.4 is 0 Å². The van der Waals surface area contributed by atoms with Gasteiger partial charge in [-0.15, -0.1) is 0 Å². The van der Waals surface area contributed by atoms with Crippen LogP contribution in [0.1, 0.15) is 41.0 Å². The number of carboxylic acid groups (broad SMARTS) is 3. The Kier molecular flexibility index (Phi) is 7.21. The molecule has 23 heavy (non-hydrogen) atoms. The molecule has 0 aliphatic heterocycles. The molecule has 3 N–H and O–H groups in total. The van der Waals surface area contributed by atoms with E-state index in [1.54, 1.807) is 13.8 Å². The van der Waals surface area contributed by atoms with Crippen LogP contribution in [0.3, 0.4) is 0 Å². The first kappa shape index (κ1) is 20.9. The number of carbonyl (C=O) groups is 4. The van der Waals surface area contributed by atoms with Crippen LogP contribution >= 0.6 is 0 Å². The first-order valence-electron chi connectivity index (χ1n) is 7.24. The van der Waals surface area contributed by atoms with Crippen molar-refractivity contribution < 1.29 is 39.2 Å². The lowest BCUT2D eigenvalue weighted by molar-refractivity contribution is -0.188. The molecule has 0 rings (SSSR count). The van der Waals surface area contributed by atoms with Gasteiger partial charge in [-0.1, -0.05) is 27.7 Å². The molecular formula is C15H24O8. The Labute approximate surface area is 134 Å². The van der Waals surface area contributed by atoms with Crippen molar-refractivity contribution in [2.24, 2.45) is 23.2 Å². The summed E-state index contributed by atoms with van der Waals surface area (Å²) in [6, 6.07) is 0. The Morgan fingerprint density at radius 1 is 0.957 bits per heavy atom. The summed E-state index contributed by atoms with van der Waals surface area (Å²) < 4.78 is 4.75. The maximum absolute atomic E-state index is 11.9. The molecule has 0 saturated heterocycles. The van der Waals surface area contributed by atoms with Crippen LogP contribution in [0.15, 0.2) is 0 Å². The number of esters is 1. The number of hydrogen-bond donors (Lipinski definition) is 3. The van der Waals surface area contributed by atoms with Crippen LogP contribution in [0.4, 0.5) is 0 Å². The molecule has 3 unspecified atom stereocenters. The van der Waals surface area contributed by atoms with Crippen molar-refractivity contribution in [2.75, 3.05) is 0 Å². The first-order valence-corrected chi connectivity index (χ1v) is 7.24. The summed E-state index contributed by atoms with van der Waals surface area (Å²) in [7, 11) is 0. The molecule has 0 aliphatic carbocycles. The van der Waals surface area contributed by atoms with Gasteiger partial charge in [0.25, 0.3) is 0 Å². The van der Waals surface area contributed by atoms with Crippen molar-refractivity contribution in [3.05, 3.63) is 0 Å². The zero-order valence-corrected chi connectivity index (χ0v) is 13.9. The van der Waals surface area contributed by atoms with Crippen LogP contribution in [-0.4, -0.2) is 45.3 Å². The number of hydrogen-bond acceptors (Lipinski definition) is 5. The van der Waals surface area contributed by atoms with E-state index in [-0.39, 0.29) is 0 Å². The highest BCUT2D eigenvalue weighted by Crippen LogP contribution is 2.42. The molecule has 0 amide bonds. The van der Waals surface area contributed by atoms with Gasteiger partial charge in [-0.05, 0) is 18.3 Å². The highest BCUT2D eigenvalue weighted by molar-refractivity contribution is 5.88. The highest BCUT2D eigenvalue weighted by Gasteiger charge is 2.56. The lowest BCUT2D eigenvalue weighted by Gasteiger charge is -2.39. The van der Waals surface area contributed by atoms with E-state index >= 15 is 0 Å². The maximum Gasteiger partial charge on any atom is 0.346 e. The molecule has 132 valence electrons. The Bertz CT molecular complexity index is 482. The van der Waals surface area contributed by atoms with Gasteiger partial charge in [0, 0.05) is 6.92 Å². The maximum atomic E-state index is 11.9. The molecular weight excluding hydrogens is 308 g/mol. The van der Waals surface area contributed by atoms with Gasteiger partial charge in [-0.25, -0.2) is 4.79 Å². The minimum Gasteiger partial charge on any atom is -0.481 e. The largest absolute Gasteiger partial charge is 0.481 e. The monoisotopic (exact) mass is 332 g/mol. The quantitative estimate of drug-likeness (QED) is 0.540. The molecule has 0 aromatic heterocycles. The zero-order valence-electron chi connectivity index (χ0n) is 13.9. The predicted octanol–water partition coefficient (Wildman–Crippen LogP) is 1.48. The topological polar surface area (TPSA) is 138 Å². The minimum atomic E-state index is -2.05.